The molecule has 0 spiro atoms. The third-order valence-electron chi connectivity index (χ3n) is 3.82. The number of nitrogens with zero attached hydrogens (tertiary/aromatic N) is 1. The van der Waals surface area contributed by atoms with E-state index in [1.165, 1.54) is 0 Å². The fourth-order valence-electron chi connectivity index (χ4n) is 2.67. The Bertz CT molecular complexity index is 490. The molecule has 5 nitrogen and oxygen atoms in total. The number of rotatable bonds is 6. The minimum absolute atomic E-state index is 0.0561. The van der Waals surface area contributed by atoms with Crippen LogP contribution in [0.1, 0.15) is 26.2 Å². The van der Waals surface area contributed by atoms with Gasteiger partial charge in [-0.3, -0.25) is 9.59 Å². The van der Waals surface area contributed by atoms with E-state index in [1.54, 1.807) is 4.90 Å². The first-order valence-electron chi connectivity index (χ1n) is 7.94. The van der Waals surface area contributed by atoms with Gasteiger partial charge in [0, 0.05) is 19.6 Å². The van der Waals surface area contributed by atoms with E-state index in [0.717, 1.165) is 25.1 Å². The van der Waals surface area contributed by atoms with Gasteiger partial charge in [0.1, 0.15) is 5.75 Å². The van der Waals surface area contributed by atoms with Gasteiger partial charge in [0.25, 0.3) is 0 Å². The lowest BCUT2D eigenvalue weighted by Gasteiger charge is -2.32. The van der Waals surface area contributed by atoms with E-state index in [4.69, 9.17) is 4.74 Å². The number of ether oxygens (including phenoxy) is 1. The number of amides is 2. The second-order valence-corrected chi connectivity index (χ2v) is 5.49. The van der Waals surface area contributed by atoms with Crippen molar-refractivity contribution in [2.45, 2.75) is 26.2 Å². The van der Waals surface area contributed by atoms with E-state index < -0.39 is 0 Å². The Hall–Kier alpha value is -2.04. The minimum Gasteiger partial charge on any atom is -0.493 e. The maximum Gasteiger partial charge on any atom is 0.226 e. The summed E-state index contributed by atoms with van der Waals surface area (Å²) >= 11 is 0. The van der Waals surface area contributed by atoms with Crippen LogP contribution in [0, 0.1) is 5.92 Å². The molecule has 2 amide bonds. The van der Waals surface area contributed by atoms with Crippen LogP contribution >= 0.6 is 0 Å². The summed E-state index contributed by atoms with van der Waals surface area (Å²) in [6, 6.07) is 9.47. The topological polar surface area (TPSA) is 58.6 Å². The van der Waals surface area contributed by atoms with Crippen LogP contribution in [0.15, 0.2) is 30.3 Å². The van der Waals surface area contributed by atoms with Crippen LogP contribution in [0.2, 0.25) is 0 Å². The molecule has 22 heavy (non-hydrogen) atoms. The third kappa shape index (κ3) is 4.76. The van der Waals surface area contributed by atoms with Crippen LogP contribution in [-0.4, -0.2) is 43.0 Å². The summed E-state index contributed by atoms with van der Waals surface area (Å²) in [5, 5.41) is 2.84. The van der Waals surface area contributed by atoms with Crippen molar-refractivity contribution in [3.63, 3.8) is 0 Å². The summed E-state index contributed by atoms with van der Waals surface area (Å²) in [5.41, 5.74) is 0. The number of benzene rings is 1. The first kappa shape index (κ1) is 16.3. The maximum atomic E-state index is 12.2. The monoisotopic (exact) mass is 304 g/mol. The highest BCUT2D eigenvalue weighted by molar-refractivity contribution is 5.81. The highest BCUT2D eigenvalue weighted by atomic mass is 16.5. The second-order valence-electron chi connectivity index (χ2n) is 5.49. The first-order valence-corrected chi connectivity index (χ1v) is 7.94. The highest BCUT2D eigenvalue weighted by Gasteiger charge is 2.27. The Labute approximate surface area is 131 Å². The fraction of sp³-hybridized carbons (Fsp3) is 0.529. The molecule has 0 radical (unpaired) electrons. The minimum atomic E-state index is -0.0762. The zero-order valence-electron chi connectivity index (χ0n) is 13.1. The summed E-state index contributed by atoms with van der Waals surface area (Å²) < 4.78 is 5.55. The molecular formula is C17H24N2O3. The zero-order chi connectivity index (χ0) is 15.8. The normalized spacial score (nSPS) is 17.9. The van der Waals surface area contributed by atoms with Crippen molar-refractivity contribution in [2.75, 3.05) is 26.2 Å². The number of likely N-dealkylation sites (tertiary alicyclic amines) is 1. The average molecular weight is 304 g/mol. The van der Waals surface area contributed by atoms with E-state index in [0.29, 0.717) is 26.1 Å². The molecular weight excluding hydrogens is 280 g/mol. The molecule has 1 aliphatic heterocycles. The van der Waals surface area contributed by atoms with Gasteiger partial charge in [-0.05, 0) is 31.9 Å². The van der Waals surface area contributed by atoms with Gasteiger partial charge in [0.2, 0.25) is 11.8 Å². The SMILES string of the molecule is CCNC(=O)[C@@H]1CCCN(C(=O)CCOc2ccccc2)C1. The lowest BCUT2D eigenvalue weighted by Crippen LogP contribution is -2.45. The molecule has 2 rings (SSSR count). The molecule has 1 aliphatic rings. The van der Waals surface area contributed by atoms with Gasteiger partial charge in [0.05, 0.1) is 18.9 Å². The molecule has 0 aliphatic carbocycles. The highest BCUT2D eigenvalue weighted by Crippen LogP contribution is 2.17. The largest absolute Gasteiger partial charge is 0.493 e. The van der Waals surface area contributed by atoms with Gasteiger partial charge in [-0.15, -0.1) is 0 Å². The molecule has 0 bridgehead atoms. The maximum absolute atomic E-state index is 12.2. The fourth-order valence-corrected chi connectivity index (χ4v) is 2.67. The smallest absolute Gasteiger partial charge is 0.226 e. The lowest BCUT2D eigenvalue weighted by molar-refractivity contribution is -0.136. The van der Waals surface area contributed by atoms with E-state index in [2.05, 4.69) is 5.32 Å². The van der Waals surface area contributed by atoms with Gasteiger partial charge in [0.15, 0.2) is 0 Å². The molecule has 1 fully saturated rings. The molecule has 0 saturated carbocycles. The van der Waals surface area contributed by atoms with Crippen LogP contribution in [0.4, 0.5) is 0 Å². The molecule has 1 N–H and O–H groups in total. The summed E-state index contributed by atoms with van der Waals surface area (Å²) in [6.45, 7) is 4.17. The van der Waals surface area contributed by atoms with E-state index in [1.807, 2.05) is 37.3 Å². The van der Waals surface area contributed by atoms with Crippen molar-refractivity contribution in [1.82, 2.24) is 10.2 Å². The van der Waals surface area contributed by atoms with Crippen LogP contribution < -0.4 is 10.1 Å². The summed E-state index contributed by atoms with van der Waals surface area (Å²) in [6.07, 6.45) is 2.08. The Kier molecular flexibility index (Phi) is 6.25. The third-order valence-corrected chi connectivity index (χ3v) is 3.82. The lowest BCUT2D eigenvalue weighted by atomic mass is 9.97. The number of nitrogens with one attached hydrogen (secondary N) is 1. The van der Waals surface area contributed by atoms with Gasteiger partial charge >= 0.3 is 0 Å². The zero-order valence-corrected chi connectivity index (χ0v) is 13.1. The molecule has 1 aromatic carbocycles. The molecule has 1 atom stereocenters. The predicted octanol–water partition coefficient (Wildman–Crippen LogP) is 1.83. The standard InChI is InChI=1S/C17H24N2O3/c1-2-18-17(21)14-7-6-11-19(13-14)16(20)10-12-22-15-8-4-3-5-9-15/h3-5,8-9,14H,2,6-7,10-13H2,1H3,(H,18,21)/t14-/m1/s1. The van der Waals surface area contributed by atoms with Crippen LogP contribution in [0.25, 0.3) is 0 Å². The van der Waals surface area contributed by atoms with E-state index in [-0.39, 0.29) is 17.7 Å². The first-order chi connectivity index (χ1) is 10.7. The van der Waals surface area contributed by atoms with Gasteiger partial charge in [-0.1, -0.05) is 18.2 Å². The number of para-hydroxylation sites is 1. The van der Waals surface area contributed by atoms with Crippen LogP contribution in [0.5, 0.6) is 5.75 Å². The van der Waals surface area contributed by atoms with Crippen LogP contribution in [-0.2, 0) is 9.59 Å². The molecule has 0 unspecified atom stereocenters. The molecule has 1 saturated heterocycles. The Morgan fingerprint density at radius 1 is 1.32 bits per heavy atom. The molecule has 1 aromatic rings. The van der Waals surface area contributed by atoms with Crippen molar-refractivity contribution in [3.05, 3.63) is 30.3 Å². The number of hydrogen-bond donors (Lipinski definition) is 1. The summed E-state index contributed by atoms with van der Waals surface area (Å²) in [4.78, 5) is 25.9. The summed E-state index contributed by atoms with van der Waals surface area (Å²) in [7, 11) is 0. The molecule has 5 heteroatoms. The van der Waals surface area contributed by atoms with Crippen LogP contribution in [0.3, 0.4) is 0 Å². The van der Waals surface area contributed by atoms with Gasteiger partial charge in [-0.25, -0.2) is 0 Å². The predicted molar refractivity (Wildman–Crippen MR) is 84.5 cm³/mol. The van der Waals surface area contributed by atoms with Crippen molar-refractivity contribution in [1.29, 1.82) is 0 Å². The quantitative estimate of drug-likeness (QED) is 0.872. The molecule has 0 aromatic heterocycles. The number of carbonyl (C=O) groups excluding carboxylic acids is 2. The van der Waals surface area contributed by atoms with Crippen molar-refractivity contribution in [2.24, 2.45) is 5.92 Å². The average Bonchev–Trinajstić information content (AvgIpc) is 2.56. The molecule has 1 heterocycles. The van der Waals surface area contributed by atoms with Gasteiger partial charge < -0.3 is 15.0 Å². The Balaban J connectivity index is 1.75. The second kappa shape index (κ2) is 8.41. The number of piperidine rings is 1. The molecule has 120 valence electrons. The Morgan fingerprint density at radius 3 is 2.82 bits per heavy atom. The van der Waals surface area contributed by atoms with Crippen molar-refractivity contribution in [3.8, 4) is 5.75 Å². The van der Waals surface area contributed by atoms with Crippen molar-refractivity contribution >= 4 is 11.8 Å². The van der Waals surface area contributed by atoms with E-state index >= 15 is 0 Å². The Morgan fingerprint density at radius 2 is 2.09 bits per heavy atom. The van der Waals surface area contributed by atoms with Gasteiger partial charge in [-0.2, -0.15) is 0 Å². The number of carbonyl (C=O) groups is 2. The van der Waals surface area contributed by atoms with Crippen molar-refractivity contribution < 1.29 is 14.3 Å². The summed E-state index contributed by atoms with van der Waals surface area (Å²) in [5.74, 6) is 0.812. The van der Waals surface area contributed by atoms with E-state index in [9.17, 15) is 9.59 Å². The number of hydrogen-bond acceptors (Lipinski definition) is 3.